The number of para-hydroxylation sites is 1. The van der Waals surface area contributed by atoms with Gasteiger partial charge in [0.1, 0.15) is 0 Å². The summed E-state index contributed by atoms with van der Waals surface area (Å²) in [6.07, 6.45) is 2.97. The number of fused-ring (bicyclic) bond motifs is 1. The first-order valence-corrected chi connectivity index (χ1v) is 9.56. The number of hydrogen-bond acceptors (Lipinski definition) is 3. The second-order valence-electron chi connectivity index (χ2n) is 6.65. The standard InChI is InChI=1S/C22H28N4O2/c1-4-23-22(26-14-17-8-6-10-19(28-3)21(17)27)24-12-11-16-13-25-18-9-5-7-15(2)20(16)18/h5-10,13,25,27H,4,11-12,14H2,1-3H3,(H2,23,24,26). The molecule has 148 valence electrons. The van der Waals surface area contributed by atoms with E-state index in [2.05, 4.69) is 51.9 Å². The van der Waals surface area contributed by atoms with Gasteiger partial charge in [-0.1, -0.05) is 24.3 Å². The Kier molecular flexibility index (Phi) is 6.42. The third kappa shape index (κ3) is 4.39. The maximum atomic E-state index is 10.2. The summed E-state index contributed by atoms with van der Waals surface area (Å²) >= 11 is 0. The molecule has 0 bridgehead atoms. The van der Waals surface area contributed by atoms with Crippen LogP contribution in [0.2, 0.25) is 0 Å². The van der Waals surface area contributed by atoms with Crippen molar-refractivity contribution in [3.8, 4) is 11.5 Å². The van der Waals surface area contributed by atoms with Gasteiger partial charge in [-0.15, -0.1) is 0 Å². The van der Waals surface area contributed by atoms with Gasteiger partial charge in [0.15, 0.2) is 17.5 Å². The monoisotopic (exact) mass is 380 g/mol. The van der Waals surface area contributed by atoms with E-state index >= 15 is 0 Å². The predicted molar refractivity (Wildman–Crippen MR) is 114 cm³/mol. The molecule has 0 unspecified atom stereocenters. The van der Waals surface area contributed by atoms with Crippen LogP contribution in [-0.4, -0.2) is 36.2 Å². The van der Waals surface area contributed by atoms with Crippen LogP contribution in [0, 0.1) is 6.92 Å². The summed E-state index contributed by atoms with van der Waals surface area (Å²) in [5.41, 5.74) is 4.47. The first-order valence-electron chi connectivity index (χ1n) is 9.56. The van der Waals surface area contributed by atoms with Crippen LogP contribution in [0.5, 0.6) is 11.5 Å². The third-order valence-corrected chi connectivity index (χ3v) is 4.74. The Labute approximate surface area is 165 Å². The highest BCUT2D eigenvalue weighted by atomic mass is 16.5. The van der Waals surface area contributed by atoms with Crippen LogP contribution < -0.4 is 15.4 Å². The molecule has 28 heavy (non-hydrogen) atoms. The van der Waals surface area contributed by atoms with Gasteiger partial charge in [0, 0.05) is 35.8 Å². The number of benzene rings is 2. The normalized spacial score (nSPS) is 11.6. The van der Waals surface area contributed by atoms with E-state index in [9.17, 15) is 5.11 Å². The Balaban J connectivity index is 1.65. The zero-order valence-corrected chi connectivity index (χ0v) is 16.7. The van der Waals surface area contributed by atoms with E-state index in [0.29, 0.717) is 12.3 Å². The summed E-state index contributed by atoms with van der Waals surface area (Å²) < 4.78 is 5.16. The molecule has 0 saturated heterocycles. The van der Waals surface area contributed by atoms with E-state index in [1.54, 1.807) is 13.2 Å². The molecule has 0 saturated carbocycles. The summed E-state index contributed by atoms with van der Waals surface area (Å²) in [6, 6.07) is 11.7. The van der Waals surface area contributed by atoms with Crippen LogP contribution in [0.25, 0.3) is 10.9 Å². The van der Waals surface area contributed by atoms with Crippen LogP contribution in [-0.2, 0) is 13.0 Å². The van der Waals surface area contributed by atoms with Gasteiger partial charge in [-0.25, -0.2) is 4.99 Å². The first-order chi connectivity index (χ1) is 13.6. The molecule has 0 fully saturated rings. The van der Waals surface area contributed by atoms with E-state index in [-0.39, 0.29) is 5.75 Å². The maximum Gasteiger partial charge on any atom is 0.191 e. The molecule has 0 atom stereocenters. The number of aromatic hydroxyl groups is 1. The first kappa shape index (κ1) is 19.6. The largest absolute Gasteiger partial charge is 0.504 e. The summed E-state index contributed by atoms with van der Waals surface area (Å²) in [5, 5.41) is 18.1. The third-order valence-electron chi connectivity index (χ3n) is 4.74. The number of hydrogen-bond donors (Lipinski definition) is 4. The molecule has 0 spiro atoms. The lowest BCUT2D eigenvalue weighted by molar-refractivity contribution is 0.370. The van der Waals surface area contributed by atoms with Gasteiger partial charge in [0.25, 0.3) is 0 Å². The number of aryl methyl sites for hydroxylation is 1. The van der Waals surface area contributed by atoms with E-state index in [0.717, 1.165) is 31.0 Å². The number of phenolic OH excluding ortho intramolecular Hbond substituents is 1. The van der Waals surface area contributed by atoms with Crippen molar-refractivity contribution in [1.82, 2.24) is 15.6 Å². The molecule has 6 nitrogen and oxygen atoms in total. The van der Waals surface area contributed by atoms with Crippen LogP contribution in [0.4, 0.5) is 0 Å². The molecule has 4 N–H and O–H groups in total. The number of phenols is 1. The molecule has 1 aromatic heterocycles. The van der Waals surface area contributed by atoms with Crippen LogP contribution in [0.3, 0.4) is 0 Å². The lowest BCUT2D eigenvalue weighted by atomic mass is 10.1. The van der Waals surface area contributed by atoms with Crippen LogP contribution in [0.15, 0.2) is 47.6 Å². The van der Waals surface area contributed by atoms with Crippen molar-refractivity contribution in [2.45, 2.75) is 26.8 Å². The molecular formula is C22H28N4O2. The van der Waals surface area contributed by atoms with Crippen molar-refractivity contribution in [3.05, 3.63) is 59.3 Å². The average Bonchev–Trinajstić information content (AvgIpc) is 3.11. The summed E-state index contributed by atoms with van der Waals surface area (Å²) in [7, 11) is 1.54. The number of ether oxygens (including phenoxy) is 1. The number of guanidine groups is 1. The molecular weight excluding hydrogens is 352 g/mol. The molecule has 0 aliphatic carbocycles. The topological polar surface area (TPSA) is 81.7 Å². The molecule has 3 rings (SSSR count). The Morgan fingerprint density at radius 3 is 2.75 bits per heavy atom. The van der Waals surface area contributed by atoms with Crippen molar-refractivity contribution in [2.24, 2.45) is 4.99 Å². The van der Waals surface area contributed by atoms with E-state index in [4.69, 9.17) is 4.74 Å². The fourth-order valence-electron chi connectivity index (χ4n) is 3.33. The number of nitrogens with one attached hydrogen (secondary N) is 3. The lowest BCUT2D eigenvalue weighted by Crippen LogP contribution is -2.38. The number of nitrogens with zero attached hydrogens (tertiary/aromatic N) is 1. The number of rotatable bonds is 7. The van der Waals surface area contributed by atoms with Gasteiger partial charge < -0.3 is 25.5 Å². The second kappa shape index (κ2) is 9.17. The SMILES string of the molecule is CCNC(=NCc1cccc(OC)c1O)NCCc1c[nH]c2cccc(C)c12. The molecule has 6 heteroatoms. The fourth-order valence-corrected chi connectivity index (χ4v) is 3.33. The minimum atomic E-state index is 0.138. The highest BCUT2D eigenvalue weighted by Crippen LogP contribution is 2.29. The number of aromatic nitrogens is 1. The van der Waals surface area contributed by atoms with Crippen molar-refractivity contribution < 1.29 is 9.84 Å². The summed E-state index contributed by atoms with van der Waals surface area (Å²) in [6.45, 7) is 6.06. The Bertz CT molecular complexity index is 962. The molecule has 0 radical (unpaired) electrons. The van der Waals surface area contributed by atoms with Crippen molar-refractivity contribution in [1.29, 1.82) is 0 Å². The zero-order chi connectivity index (χ0) is 19.9. The van der Waals surface area contributed by atoms with E-state index in [1.165, 1.54) is 22.0 Å². The van der Waals surface area contributed by atoms with Gasteiger partial charge in [-0.3, -0.25) is 0 Å². The van der Waals surface area contributed by atoms with Gasteiger partial charge in [-0.2, -0.15) is 0 Å². The van der Waals surface area contributed by atoms with Crippen molar-refractivity contribution in [2.75, 3.05) is 20.2 Å². The fraction of sp³-hybridized carbons (Fsp3) is 0.318. The molecule has 0 amide bonds. The molecule has 1 heterocycles. The lowest BCUT2D eigenvalue weighted by Gasteiger charge is -2.12. The predicted octanol–water partition coefficient (Wildman–Crippen LogP) is 3.49. The van der Waals surface area contributed by atoms with Crippen LogP contribution >= 0.6 is 0 Å². The summed E-state index contributed by atoms with van der Waals surface area (Å²) in [4.78, 5) is 7.93. The minimum Gasteiger partial charge on any atom is -0.504 e. The minimum absolute atomic E-state index is 0.138. The highest BCUT2D eigenvalue weighted by molar-refractivity contribution is 5.86. The van der Waals surface area contributed by atoms with E-state index in [1.807, 2.05) is 19.1 Å². The number of H-pyrrole nitrogens is 1. The smallest absolute Gasteiger partial charge is 0.191 e. The van der Waals surface area contributed by atoms with Gasteiger partial charge >= 0.3 is 0 Å². The summed E-state index contributed by atoms with van der Waals surface area (Å²) in [5.74, 6) is 1.32. The van der Waals surface area contributed by atoms with E-state index < -0.39 is 0 Å². The van der Waals surface area contributed by atoms with Gasteiger partial charge in [0.05, 0.1) is 13.7 Å². The number of methoxy groups -OCH3 is 1. The van der Waals surface area contributed by atoms with Crippen molar-refractivity contribution in [3.63, 3.8) is 0 Å². The van der Waals surface area contributed by atoms with Gasteiger partial charge in [0.2, 0.25) is 0 Å². The number of aliphatic imine (C=N–C) groups is 1. The maximum absolute atomic E-state index is 10.2. The molecule has 0 aliphatic rings. The Morgan fingerprint density at radius 2 is 1.96 bits per heavy atom. The van der Waals surface area contributed by atoms with Gasteiger partial charge in [-0.05, 0) is 43.5 Å². The Morgan fingerprint density at radius 1 is 1.14 bits per heavy atom. The number of aromatic amines is 1. The zero-order valence-electron chi connectivity index (χ0n) is 16.7. The molecule has 3 aromatic rings. The van der Waals surface area contributed by atoms with Crippen molar-refractivity contribution >= 4 is 16.9 Å². The Hall–Kier alpha value is -3.15. The molecule has 2 aromatic carbocycles. The highest BCUT2D eigenvalue weighted by Gasteiger charge is 2.08. The molecule has 0 aliphatic heterocycles. The quantitative estimate of drug-likeness (QED) is 0.374. The van der Waals surface area contributed by atoms with Crippen LogP contribution in [0.1, 0.15) is 23.6 Å². The second-order valence-corrected chi connectivity index (χ2v) is 6.65. The average molecular weight is 380 g/mol.